The molecule has 1 N–H and O–H groups in total. The first-order valence-corrected chi connectivity index (χ1v) is 5.82. The molecule has 0 saturated carbocycles. The molecule has 2 aromatic carbocycles. The Labute approximate surface area is 116 Å². The largest absolute Gasteiger partial charge is 0.416 e. The Morgan fingerprint density at radius 3 is 2.19 bits per heavy atom. The number of rotatable bonds is 3. The molecule has 0 aliphatic heterocycles. The summed E-state index contributed by atoms with van der Waals surface area (Å²) in [4.78, 5) is 0. The smallest absolute Gasteiger partial charge is 0.379 e. The van der Waals surface area contributed by atoms with Crippen LogP contribution in [-0.2, 0) is 12.7 Å². The minimum atomic E-state index is -4.48. The molecule has 0 aromatic heterocycles. The highest BCUT2D eigenvalue weighted by molar-refractivity contribution is 5.46. The molecule has 0 aliphatic carbocycles. The molecule has 7 heteroatoms. The van der Waals surface area contributed by atoms with Crippen LogP contribution in [0, 0.1) is 17.5 Å². The van der Waals surface area contributed by atoms with Crippen LogP contribution in [0.25, 0.3) is 0 Å². The lowest BCUT2D eigenvalue weighted by Crippen LogP contribution is -2.07. The third-order valence-corrected chi connectivity index (χ3v) is 2.75. The summed E-state index contributed by atoms with van der Waals surface area (Å²) in [5, 5.41) is 2.43. The molecule has 21 heavy (non-hydrogen) atoms. The predicted molar refractivity (Wildman–Crippen MR) is 65.1 cm³/mol. The lowest BCUT2D eigenvalue weighted by atomic mass is 10.1. The molecule has 2 aromatic rings. The van der Waals surface area contributed by atoms with E-state index in [2.05, 4.69) is 5.32 Å². The van der Waals surface area contributed by atoms with E-state index in [4.69, 9.17) is 0 Å². The Morgan fingerprint density at radius 2 is 1.52 bits per heavy atom. The summed E-state index contributed by atoms with van der Waals surface area (Å²) in [6, 6.07) is 5.38. The van der Waals surface area contributed by atoms with E-state index in [9.17, 15) is 26.3 Å². The van der Waals surface area contributed by atoms with Crippen molar-refractivity contribution in [3.63, 3.8) is 0 Å². The van der Waals surface area contributed by atoms with Crippen molar-refractivity contribution in [3.05, 3.63) is 65.0 Å². The molecule has 0 radical (unpaired) electrons. The van der Waals surface area contributed by atoms with Gasteiger partial charge in [0.15, 0.2) is 11.6 Å². The Kier molecular flexibility index (Phi) is 4.11. The van der Waals surface area contributed by atoms with E-state index in [0.717, 1.165) is 12.1 Å². The lowest BCUT2D eigenvalue weighted by molar-refractivity contribution is -0.137. The third-order valence-electron chi connectivity index (χ3n) is 2.75. The van der Waals surface area contributed by atoms with Gasteiger partial charge in [-0.15, -0.1) is 0 Å². The van der Waals surface area contributed by atoms with Gasteiger partial charge in [-0.2, -0.15) is 13.2 Å². The highest BCUT2D eigenvalue weighted by atomic mass is 19.4. The number of hydrogen-bond donors (Lipinski definition) is 1. The zero-order valence-corrected chi connectivity index (χ0v) is 10.4. The first-order chi connectivity index (χ1) is 9.77. The fourth-order valence-electron chi connectivity index (χ4n) is 1.71. The van der Waals surface area contributed by atoms with Gasteiger partial charge in [0.05, 0.1) is 11.3 Å². The van der Waals surface area contributed by atoms with Gasteiger partial charge in [0.25, 0.3) is 0 Å². The molecule has 0 fully saturated rings. The molecule has 0 amide bonds. The average molecular weight is 305 g/mol. The first-order valence-electron chi connectivity index (χ1n) is 5.82. The van der Waals surface area contributed by atoms with E-state index in [1.165, 1.54) is 12.1 Å². The molecular formula is C14H9F6N. The summed E-state index contributed by atoms with van der Waals surface area (Å²) in [6.45, 7) is -0.161. The van der Waals surface area contributed by atoms with Crippen molar-refractivity contribution < 1.29 is 26.3 Å². The van der Waals surface area contributed by atoms with Gasteiger partial charge in [0.2, 0.25) is 0 Å². The maximum absolute atomic E-state index is 13.4. The number of halogens is 6. The van der Waals surface area contributed by atoms with Crippen molar-refractivity contribution in [2.24, 2.45) is 0 Å². The molecule has 112 valence electrons. The number of hydrogen-bond acceptors (Lipinski definition) is 1. The van der Waals surface area contributed by atoms with Gasteiger partial charge in [-0.25, -0.2) is 13.2 Å². The summed E-state index contributed by atoms with van der Waals surface area (Å²) >= 11 is 0. The Balaban J connectivity index is 2.15. The highest BCUT2D eigenvalue weighted by Gasteiger charge is 2.30. The zero-order valence-electron chi connectivity index (χ0n) is 10.4. The van der Waals surface area contributed by atoms with E-state index in [0.29, 0.717) is 12.1 Å². The molecule has 0 heterocycles. The maximum Gasteiger partial charge on any atom is 0.416 e. The summed E-state index contributed by atoms with van der Waals surface area (Å²) < 4.78 is 76.6. The topological polar surface area (TPSA) is 12.0 Å². The van der Waals surface area contributed by atoms with Crippen LogP contribution in [0.1, 0.15) is 11.1 Å². The Hall–Kier alpha value is -2.18. The number of nitrogens with one attached hydrogen (secondary N) is 1. The van der Waals surface area contributed by atoms with E-state index < -0.39 is 29.2 Å². The van der Waals surface area contributed by atoms with Crippen LogP contribution in [0.2, 0.25) is 0 Å². The summed E-state index contributed by atoms with van der Waals surface area (Å²) in [7, 11) is 0. The minimum Gasteiger partial charge on any atom is -0.379 e. The fourth-order valence-corrected chi connectivity index (χ4v) is 1.71. The summed E-state index contributed by atoms with van der Waals surface area (Å²) in [6.07, 6.45) is -4.48. The maximum atomic E-state index is 13.4. The SMILES string of the molecule is Fc1cc(F)c(NCc2cccc(C(F)(F)F)c2)cc1F. The molecule has 0 saturated heterocycles. The Morgan fingerprint density at radius 1 is 0.857 bits per heavy atom. The van der Waals surface area contributed by atoms with Crippen LogP contribution in [0.5, 0.6) is 0 Å². The van der Waals surface area contributed by atoms with Gasteiger partial charge < -0.3 is 5.32 Å². The fraction of sp³-hybridized carbons (Fsp3) is 0.143. The van der Waals surface area contributed by atoms with Crippen molar-refractivity contribution >= 4 is 5.69 Å². The van der Waals surface area contributed by atoms with Crippen molar-refractivity contribution in [2.75, 3.05) is 5.32 Å². The molecule has 1 nitrogen and oxygen atoms in total. The van der Waals surface area contributed by atoms with Crippen LogP contribution in [0.4, 0.5) is 32.0 Å². The molecule has 0 unspecified atom stereocenters. The van der Waals surface area contributed by atoms with Crippen LogP contribution in [-0.4, -0.2) is 0 Å². The van der Waals surface area contributed by atoms with E-state index in [-0.39, 0.29) is 17.8 Å². The Bertz CT molecular complexity index is 650. The monoisotopic (exact) mass is 305 g/mol. The predicted octanol–water partition coefficient (Wildman–Crippen LogP) is 4.73. The molecular weight excluding hydrogens is 296 g/mol. The zero-order chi connectivity index (χ0) is 15.6. The van der Waals surface area contributed by atoms with Crippen molar-refractivity contribution in [2.45, 2.75) is 12.7 Å². The molecule has 0 aliphatic rings. The molecule has 0 spiro atoms. The second-order valence-corrected chi connectivity index (χ2v) is 4.30. The quantitative estimate of drug-likeness (QED) is 0.638. The van der Waals surface area contributed by atoms with Crippen LogP contribution >= 0.6 is 0 Å². The van der Waals surface area contributed by atoms with Crippen LogP contribution < -0.4 is 5.32 Å². The van der Waals surface area contributed by atoms with Crippen molar-refractivity contribution in [1.29, 1.82) is 0 Å². The minimum absolute atomic E-state index is 0.161. The molecule has 0 atom stereocenters. The third kappa shape index (κ3) is 3.68. The van der Waals surface area contributed by atoms with Gasteiger partial charge in [-0.05, 0) is 17.7 Å². The molecule has 0 bridgehead atoms. The highest BCUT2D eigenvalue weighted by Crippen LogP contribution is 2.29. The number of benzene rings is 2. The second kappa shape index (κ2) is 5.67. The van der Waals surface area contributed by atoms with Gasteiger partial charge in [0, 0.05) is 18.7 Å². The average Bonchev–Trinajstić information content (AvgIpc) is 2.41. The van der Waals surface area contributed by atoms with Crippen molar-refractivity contribution in [3.8, 4) is 0 Å². The van der Waals surface area contributed by atoms with E-state index in [1.54, 1.807) is 0 Å². The molecule has 2 rings (SSSR count). The summed E-state index contributed by atoms with van der Waals surface area (Å²) in [5.41, 5.74) is -0.937. The van der Waals surface area contributed by atoms with Crippen LogP contribution in [0.15, 0.2) is 36.4 Å². The number of alkyl halides is 3. The van der Waals surface area contributed by atoms with Gasteiger partial charge in [-0.1, -0.05) is 12.1 Å². The first kappa shape index (κ1) is 15.2. The summed E-state index contributed by atoms with van der Waals surface area (Å²) in [5.74, 6) is -3.61. The van der Waals surface area contributed by atoms with Crippen molar-refractivity contribution in [1.82, 2.24) is 0 Å². The standard InChI is InChI=1S/C14H9F6N/c15-10-5-12(17)13(6-11(10)16)21-7-8-2-1-3-9(4-8)14(18,19)20/h1-6,21H,7H2. The second-order valence-electron chi connectivity index (χ2n) is 4.30. The van der Waals surface area contributed by atoms with Gasteiger partial charge in [-0.3, -0.25) is 0 Å². The van der Waals surface area contributed by atoms with Gasteiger partial charge in [0.1, 0.15) is 5.82 Å². The van der Waals surface area contributed by atoms with Gasteiger partial charge >= 0.3 is 6.18 Å². The van der Waals surface area contributed by atoms with Crippen LogP contribution in [0.3, 0.4) is 0 Å². The normalized spacial score (nSPS) is 11.5. The van der Waals surface area contributed by atoms with E-state index >= 15 is 0 Å². The number of anilines is 1. The lowest BCUT2D eigenvalue weighted by Gasteiger charge is -2.11. The van der Waals surface area contributed by atoms with E-state index in [1.807, 2.05) is 0 Å².